The van der Waals surface area contributed by atoms with Gasteiger partial charge in [-0.15, -0.1) is 0 Å². The molecule has 3 rings (SSSR count). The van der Waals surface area contributed by atoms with Crippen molar-refractivity contribution in [3.05, 3.63) is 88.1 Å². The molecule has 0 saturated carbocycles. The fourth-order valence-corrected chi connectivity index (χ4v) is 4.01. The summed E-state index contributed by atoms with van der Waals surface area (Å²) in [7, 11) is 0. The van der Waals surface area contributed by atoms with Gasteiger partial charge in [0.15, 0.2) is 5.16 Å². The van der Waals surface area contributed by atoms with Crippen molar-refractivity contribution < 1.29 is 14.3 Å². The zero-order chi connectivity index (χ0) is 20.6. The minimum atomic E-state index is -0.967. The topological polar surface area (TPSA) is 95.1 Å². The van der Waals surface area contributed by atoms with Crippen LogP contribution in [0.4, 0.5) is 4.39 Å². The number of nitrogens with one attached hydrogen (secondary N) is 2. The first kappa shape index (κ1) is 21.1. The van der Waals surface area contributed by atoms with Crippen LogP contribution in [0.25, 0.3) is 0 Å². The Balaban J connectivity index is 1.60. The van der Waals surface area contributed by atoms with E-state index in [9.17, 15) is 19.1 Å². The monoisotopic (exact) mass is 431 g/mol. The number of benzene rings is 2. The highest BCUT2D eigenvalue weighted by atomic mass is 32.2. The molecule has 6 nitrogen and oxygen atoms in total. The molecule has 9 heteroatoms. The lowest BCUT2D eigenvalue weighted by Crippen LogP contribution is -2.34. The smallest absolute Gasteiger partial charge is 0.321 e. The summed E-state index contributed by atoms with van der Waals surface area (Å²) < 4.78 is 15.9. The van der Waals surface area contributed by atoms with Crippen LogP contribution in [0, 0.1) is 5.82 Å². The third-order valence-corrected chi connectivity index (χ3v) is 5.75. The fraction of sp³-hybridized carbons (Fsp3) is 0.150. The van der Waals surface area contributed by atoms with E-state index in [0.717, 1.165) is 28.0 Å². The molecule has 1 unspecified atom stereocenters. The van der Waals surface area contributed by atoms with Crippen LogP contribution in [0.1, 0.15) is 11.1 Å². The highest BCUT2D eigenvalue weighted by Crippen LogP contribution is 2.20. The first-order chi connectivity index (χ1) is 14.0. The number of aromatic amines is 1. The maximum absolute atomic E-state index is 13.0. The van der Waals surface area contributed by atoms with Gasteiger partial charge in [0.2, 0.25) is 0 Å². The van der Waals surface area contributed by atoms with E-state index < -0.39 is 12.0 Å². The van der Waals surface area contributed by atoms with E-state index in [1.54, 1.807) is 12.1 Å². The predicted octanol–water partition coefficient (Wildman–Crippen LogP) is 3.49. The summed E-state index contributed by atoms with van der Waals surface area (Å²) in [6, 6.07) is 14.0. The Bertz CT molecular complexity index is 1030. The van der Waals surface area contributed by atoms with Gasteiger partial charge in [-0.3, -0.25) is 9.59 Å². The number of H-pyrrole nitrogens is 1. The first-order valence-corrected chi connectivity index (χ1v) is 10.5. The molecular formula is C20H18FN3O3S2. The quantitative estimate of drug-likeness (QED) is 0.271. The van der Waals surface area contributed by atoms with Crippen molar-refractivity contribution in [1.29, 1.82) is 0 Å². The van der Waals surface area contributed by atoms with Crippen molar-refractivity contribution in [3.63, 3.8) is 0 Å². The highest BCUT2D eigenvalue weighted by molar-refractivity contribution is 7.98. The van der Waals surface area contributed by atoms with Crippen molar-refractivity contribution in [2.24, 2.45) is 0 Å². The number of carbonyl (C=O) groups is 1. The first-order valence-electron chi connectivity index (χ1n) is 8.66. The van der Waals surface area contributed by atoms with Crippen LogP contribution in [0.15, 0.2) is 75.6 Å². The minimum Gasteiger partial charge on any atom is -0.480 e. The van der Waals surface area contributed by atoms with Gasteiger partial charge in [0, 0.05) is 22.9 Å². The van der Waals surface area contributed by atoms with E-state index in [1.807, 2.05) is 24.3 Å². The molecule has 3 aromatic rings. The lowest BCUT2D eigenvalue weighted by Gasteiger charge is -2.14. The molecule has 0 aliphatic carbocycles. The molecule has 3 N–H and O–H groups in total. The Morgan fingerprint density at radius 3 is 2.66 bits per heavy atom. The van der Waals surface area contributed by atoms with Crippen LogP contribution >= 0.6 is 23.7 Å². The second kappa shape index (κ2) is 10.2. The molecule has 0 saturated heterocycles. The van der Waals surface area contributed by atoms with E-state index in [2.05, 4.69) is 14.7 Å². The molecule has 0 fully saturated rings. The molecule has 1 atom stereocenters. The molecule has 0 spiro atoms. The number of rotatable bonds is 9. The number of carboxylic acid groups (broad SMARTS) is 1. The molecule has 2 aromatic carbocycles. The number of carboxylic acids is 1. The maximum atomic E-state index is 13.0. The number of hydrogen-bond acceptors (Lipinski definition) is 6. The number of halogens is 1. The van der Waals surface area contributed by atoms with Gasteiger partial charge >= 0.3 is 5.97 Å². The number of aromatic nitrogens is 2. The molecule has 0 radical (unpaired) electrons. The number of thioether (sulfide) groups is 1. The van der Waals surface area contributed by atoms with Gasteiger partial charge in [0.1, 0.15) is 11.9 Å². The van der Waals surface area contributed by atoms with E-state index in [4.69, 9.17) is 0 Å². The molecule has 0 aliphatic heterocycles. The Kier molecular flexibility index (Phi) is 7.45. The molecule has 29 heavy (non-hydrogen) atoms. The Morgan fingerprint density at radius 2 is 1.93 bits per heavy atom. The average Bonchev–Trinajstić information content (AvgIpc) is 2.71. The lowest BCUT2D eigenvalue weighted by atomic mass is 10.0. The van der Waals surface area contributed by atoms with Crippen molar-refractivity contribution in [2.75, 3.05) is 0 Å². The molecule has 1 heterocycles. The summed E-state index contributed by atoms with van der Waals surface area (Å²) in [6.07, 6.45) is 1.75. The zero-order valence-electron chi connectivity index (χ0n) is 15.2. The van der Waals surface area contributed by atoms with Crippen LogP contribution in [0.3, 0.4) is 0 Å². The van der Waals surface area contributed by atoms with Crippen LogP contribution in [0.2, 0.25) is 0 Å². The summed E-state index contributed by atoms with van der Waals surface area (Å²) in [6.45, 7) is 0. The Hall–Kier alpha value is -2.62. The second-order valence-electron chi connectivity index (χ2n) is 6.12. The molecular weight excluding hydrogens is 413 g/mol. The van der Waals surface area contributed by atoms with E-state index in [-0.39, 0.29) is 11.4 Å². The molecule has 0 aliphatic rings. The number of nitrogens with zero attached hydrogens (tertiary/aromatic N) is 1. The van der Waals surface area contributed by atoms with Crippen LogP contribution in [0.5, 0.6) is 0 Å². The van der Waals surface area contributed by atoms with Crippen LogP contribution < -0.4 is 10.3 Å². The van der Waals surface area contributed by atoms with Gasteiger partial charge in [-0.1, -0.05) is 36.0 Å². The standard InChI is InChI=1S/C20H18FN3O3S2/c21-15-4-6-16(7-5-15)29-24-17(19(26)27)11-13-2-1-3-14(10-13)12-28-20-22-9-8-18(25)23-20/h1-10,17,24H,11-12H2,(H,26,27)(H,22,23,25). The van der Waals surface area contributed by atoms with Crippen molar-refractivity contribution in [3.8, 4) is 0 Å². The Labute approximate surface area is 175 Å². The van der Waals surface area contributed by atoms with Gasteiger partial charge in [0.05, 0.1) is 0 Å². The largest absolute Gasteiger partial charge is 0.480 e. The summed E-state index contributed by atoms with van der Waals surface area (Å²) in [5.74, 6) is -0.713. The Morgan fingerprint density at radius 1 is 1.17 bits per heavy atom. The predicted molar refractivity (Wildman–Crippen MR) is 111 cm³/mol. The fourth-order valence-electron chi connectivity index (χ4n) is 2.48. The SMILES string of the molecule is O=C(O)C(Cc1cccc(CSc2nccc(=O)[nH]2)c1)NSc1ccc(F)cc1. The van der Waals surface area contributed by atoms with Gasteiger partial charge in [-0.2, -0.15) is 0 Å². The summed E-state index contributed by atoms with van der Waals surface area (Å²) >= 11 is 2.55. The summed E-state index contributed by atoms with van der Waals surface area (Å²) in [5, 5.41) is 10.1. The van der Waals surface area contributed by atoms with Gasteiger partial charge in [0.25, 0.3) is 5.56 Å². The molecule has 0 bridgehead atoms. The summed E-state index contributed by atoms with van der Waals surface area (Å²) in [4.78, 5) is 30.4. The maximum Gasteiger partial charge on any atom is 0.321 e. The number of hydrogen-bond donors (Lipinski definition) is 3. The normalized spacial score (nSPS) is 11.9. The van der Waals surface area contributed by atoms with E-state index in [0.29, 0.717) is 17.3 Å². The minimum absolute atomic E-state index is 0.203. The third kappa shape index (κ3) is 6.74. The number of aliphatic carboxylic acids is 1. The molecule has 150 valence electrons. The van der Waals surface area contributed by atoms with Crippen molar-refractivity contribution in [1.82, 2.24) is 14.7 Å². The summed E-state index contributed by atoms with van der Waals surface area (Å²) in [5.41, 5.74) is 1.66. The average molecular weight is 432 g/mol. The van der Waals surface area contributed by atoms with E-state index >= 15 is 0 Å². The highest BCUT2D eigenvalue weighted by Gasteiger charge is 2.18. The molecule has 0 amide bonds. The van der Waals surface area contributed by atoms with Crippen LogP contribution in [-0.2, 0) is 17.0 Å². The molecule has 1 aromatic heterocycles. The van der Waals surface area contributed by atoms with Gasteiger partial charge in [-0.25, -0.2) is 14.1 Å². The van der Waals surface area contributed by atoms with Crippen molar-refractivity contribution in [2.45, 2.75) is 28.3 Å². The van der Waals surface area contributed by atoms with Gasteiger partial charge < -0.3 is 10.1 Å². The third-order valence-electron chi connectivity index (χ3n) is 3.89. The van der Waals surface area contributed by atoms with E-state index in [1.165, 1.54) is 36.2 Å². The zero-order valence-corrected chi connectivity index (χ0v) is 16.8. The lowest BCUT2D eigenvalue weighted by molar-refractivity contribution is -0.138. The van der Waals surface area contributed by atoms with Gasteiger partial charge in [-0.05, 0) is 53.8 Å². The van der Waals surface area contributed by atoms with Crippen molar-refractivity contribution >= 4 is 29.7 Å². The second-order valence-corrected chi connectivity index (χ2v) is 7.99. The van der Waals surface area contributed by atoms with Crippen LogP contribution in [-0.4, -0.2) is 27.1 Å².